The second kappa shape index (κ2) is 6.64. The van der Waals surface area contributed by atoms with Crippen molar-refractivity contribution in [2.24, 2.45) is 5.92 Å². The summed E-state index contributed by atoms with van der Waals surface area (Å²) in [5.74, 6) is 1.02. The molecule has 1 atom stereocenters. The first kappa shape index (κ1) is 13.2. The largest absolute Gasteiger partial charge is 0.316 e. The Labute approximate surface area is 109 Å². The van der Waals surface area contributed by atoms with E-state index in [0.29, 0.717) is 24.5 Å². The number of nitrogens with zero attached hydrogens (tertiary/aromatic N) is 1. The first-order valence-corrected chi connectivity index (χ1v) is 6.94. The number of Topliss-reactive ketones (excluding diaryl/α,β-unsaturated/α-hetero) is 1. The third-order valence-corrected chi connectivity index (χ3v) is 3.67. The number of aryl methyl sites for hydroxylation is 1. The minimum absolute atomic E-state index is 0.318. The maximum atomic E-state index is 11.9. The average Bonchev–Trinajstić information content (AvgIpc) is 2.90. The molecule has 0 radical (unpaired) electrons. The molecule has 1 aliphatic rings. The molecular formula is C15H22N2O. The van der Waals surface area contributed by atoms with Crippen molar-refractivity contribution in [1.29, 1.82) is 0 Å². The van der Waals surface area contributed by atoms with E-state index in [1.165, 1.54) is 12.0 Å². The molecule has 3 heteroatoms. The van der Waals surface area contributed by atoms with Crippen LogP contribution in [0.15, 0.2) is 18.3 Å². The van der Waals surface area contributed by atoms with Crippen LogP contribution in [0.25, 0.3) is 0 Å². The summed E-state index contributed by atoms with van der Waals surface area (Å²) in [5, 5.41) is 3.33. The van der Waals surface area contributed by atoms with Crippen molar-refractivity contribution in [3.63, 3.8) is 0 Å². The lowest BCUT2D eigenvalue weighted by Gasteiger charge is -2.07. The summed E-state index contributed by atoms with van der Waals surface area (Å²) >= 11 is 0. The van der Waals surface area contributed by atoms with Crippen LogP contribution in [-0.2, 0) is 17.6 Å². The van der Waals surface area contributed by atoms with Crippen LogP contribution in [0.2, 0.25) is 0 Å². The molecule has 1 fully saturated rings. The maximum Gasteiger partial charge on any atom is 0.138 e. The highest BCUT2D eigenvalue weighted by Gasteiger charge is 2.15. The number of hydrogen-bond acceptors (Lipinski definition) is 3. The molecule has 0 bridgehead atoms. The Balaban J connectivity index is 1.75. The molecule has 2 rings (SSSR count). The molecule has 0 aliphatic carbocycles. The molecule has 1 aromatic rings. The van der Waals surface area contributed by atoms with Crippen LogP contribution in [0, 0.1) is 5.92 Å². The molecule has 1 saturated heterocycles. The van der Waals surface area contributed by atoms with E-state index >= 15 is 0 Å². The van der Waals surface area contributed by atoms with Gasteiger partial charge < -0.3 is 5.32 Å². The lowest BCUT2D eigenvalue weighted by Crippen LogP contribution is -2.11. The van der Waals surface area contributed by atoms with Crippen molar-refractivity contribution in [3.8, 4) is 0 Å². The lowest BCUT2D eigenvalue weighted by molar-refractivity contribution is -0.118. The Morgan fingerprint density at radius 1 is 1.50 bits per heavy atom. The molecule has 1 N–H and O–H groups in total. The van der Waals surface area contributed by atoms with Crippen LogP contribution in [-0.4, -0.2) is 23.9 Å². The quantitative estimate of drug-likeness (QED) is 0.836. The zero-order valence-electron chi connectivity index (χ0n) is 11.1. The predicted molar refractivity (Wildman–Crippen MR) is 72.5 cm³/mol. The van der Waals surface area contributed by atoms with Gasteiger partial charge in [-0.15, -0.1) is 0 Å². The zero-order valence-corrected chi connectivity index (χ0v) is 11.1. The minimum atomic E-state index is 0.318. The zero-order chi connectivity index (χ0) is 12.8. The van der Waals surface area contributed by atoms with E-state index in [1.807, 2.05) is 12.3 Å². The third-order valence-electron chi connectivity index (χ3n) is 3.67. The monoisotopic (exact) mass is 246 g/mol. The molecule has 1 aliphatic heterocycles. The molecule has 18 heavy (non-hydrogen) atoms. The van der Waals surface area contributed by atoms with Gasteiger partial charge in [0, 0.05) is 24.7 Å². The van der Waals surface area contributed by atoms with E-state index in [-0.39, 0.29) is 0 Å². The maximum absolute atomic E-state index is 11.9. The fraction of sp³-hybridized carbons (Fsp3) is 0.600. The summed E-state index contributed by atoms with van der Waals surface area (Å²) in [7, 11) is 0. The number of nitrogens with one attached hydrogen (secondary N) is 1. The number of rotatable bonds is 6. The SMILES string of the molecule is CCc1ccc(CC(=O)CCC2CCNC2)nc1. The summed E-state index contributed by atoms with van der Waals surface area (Å²) in [6, 6.07) is 4.05. The smallest absolute Gasteiger partial charge is 0.138 e. The topological polar surface area (TPSA) is 42.0 Å². The predicted octanol–water partition coefficient (Wildman–Crippen LogP) is 2.15. The molecule has 1 unspecified atom stereocenters. The lowest BCUT2D eigenvalue weighted by atomic mass is 9.99. The standard InChI is InChI=1S/C15H22N2O/c1-2-12-3-5-14(17-11-12)9-15(18)6-4-13-7-8-16-10-13/h3,5,11,13,16H,2,4,6-10H2,1H3. The first-order valence-electron chi connectivity index (χ1n) is 6.94. The average molecular weight is 246 g/mol. The molecule has 2 heterocycles. The number of carbonyl (C=O) groups is 1. The third kappa shape index (κ3) is 3.91. The first-order chi connectivity index (χ1) is 8.78. The van der Waals surface area contributed by atoms with E-state index in [1.54, 1.807) is 0 Å². The summed E-state index contributed by atoms with van der Waals surface area (Å²) in [5.41, 5.74) is 2.13. The van der Waals surface area contributed by atoms with Crippen LogP contribution in [0.1, 0.15) is 37.4 Å². The fourth-order valence-corrected chi connectivity index (χ4v) is 2.39. The van der Waals surface area contributed by atoms with Crippen LogP contribution in [0.4, 0.5) is 0 Å². The number of aromatic nitrogens is 1. The van der Waals surface area contributed by atoms with E-state index in [9.17, 15) is 4.79 Å². The van der Waals surface area contributed by atoms with Crippen LogP contribution < -0.4 is 5.32 Å². The van der Waals surface area contributed by atoms with Crippen LogP contribution in [0.3, 0.4) is 0 Å². The van der Waals surface area contributed by atoms with Gasteiger partial charge >= 0.3 is 0 Å². The van der Waals surface area contributed by atoms with Gasteiger partial charge in [-0.25, -0.2) is 0 Å². The highest BCUT2D eigenvalue weighted by atomic mass is 16.1. The van der Waals surface area contributed by atoms with Gasteiger partial charge in [-0.1, -0.05) is 13.0 Å². The van der Waals surface area contributed by atoms with Gasteiger partial charge in [0.2, 0.25) is 0 Å². The van der Waals surface area contributed by atoms with Crippen molar-refractivity contribution in [2.45, 2.75) is 39.0 Å². The van der Waals surface area contributed by atoms with Crippen molar-refractivity contribution >= 4 is 5.78 Å². The van der Waals surface area contributed by atoms with Crippen molar-refractivity contribution in [2.75, 3.05) is 13.1 Å². The van der Waals surface area contributed by atoms with Crippen molar-refractivity contribution in [3.05, 3.63) is 29.6 Å². The van der Waals surface area contributed by atoms with E-state index in [2.05, 4.69) is 23.3 Å². The second-order valence-corrected chi connectivity index (χ2v) is 5.12. The number of pyridine rings is 1. The van der Waals surface area contributed by atoms with Gasteiger partial charge in [-0.05, 0) is 49.9 Å². The Bertz CT molecular complexity index is 380. The van der Waals surface area contributed by atoms with Gasteiger partial charge in [0.1, 0.15) is 5.78 Å². The Morgan fingerprint density at radius 3 is 3.00 bits per heavy atom. The summed E-state index contributed by atoms with van der Waals surface area (Å²) < 4.78 is 0. The van der Waals surface area contributed by atoms with Gasteiger partial charge in [0.25, 0.3) is 0 Å². The summed E-state index contributed by atoms with van der Waals surface area (Å²) in [6.07, 6.45) is 6.31. The molecular weight excluding hydrogens is 224 g/mol. The van der Waals surface area contributed by atoms with Gasteiger partial charge in [-0.3, -0.25) is 9.78 Å². The van der Waals surface area contributed by atoms with Gasteiger partial charge in [0.15, 0.2) is 0 Å². The van der Waals surface area contributed by atoms with Crippen LogP contribution in [0.5, 0.6) is 0 Å². The molecule has 98 valence electrons. The number of ketones is 1. The Hall–Kier alpha value is -1.22. The summed E-state index contributed by atoms with van der Waals surface area (Å²) in [4.78, 5) is 16.2. The molecule has 0 saturated carbocycles. The van der Waals surface area contributed by atoms with E-state index in [4.69, 9.17) is 0 Å². The Morgan fingerprint density at radius 2 is 2.39 bits per heavy atom. The highest BCUT2D eigenvalue weighted by molar-refractivity contribution is 5.80. The van der Waals surface area contributed by atoms with Crippen LogP contribution >= 0.6 is 0 Å². The van der Waals surface area contributed by atoms with Gasteiger partial charge in [0.05, 0.1) is 0 Å². The second-order valence-electron chi connectivity index (χ2n) is 5.12. The van der Waals surface area contributed by atoms with E-state index < -0.39 is 0 Å². The fourth-order valence-electron chi connectivity index (χ4n) is 2.39. The highest BCUT2D eigenvalue weighted by Crippen LogP contribution is 2.15. The number of carbonyl (C=O) groups excluding carboxylic acids is 1. The minimum Gasteiger partial charge on any atom is -0.316 e. The summed E-state index contributed by atoms with van der Waals surface area (Å²) in [6.45, 7) is 4.30. The Kier molecular flexibility index (Phi) is 4.88. The number of hydrogen-bond donors (Lipinski definition) is 1. The van der Waals surface area contributed by atoms with Crippen molar-refractivity contribution < 1.29 is 4.79 Å². The molecule has 1 aromatic heterocycles. The van der Waals surface area contributed by atoms with Crippen molar-refractivity contribution in [1.82, 2.24) is 10.3 Å². The normalized spacial score (nSPS) is 19.1. The molecule has 0 aromatic carbocycles. The van der Waals surface area contributed by atoms with E-state index in [0.717, 1.165) is 31.6 Å². The van der Waals surface area contributed by atoms with Gasteiger partial charge in [-0.2, -0.15) is 0 Å². The molecule has 0 spiro atoms. The molecule has 3 nitrogen and oxygen atoms in total. The molecule has 0 amide bonds.